The number of carbonyl (C=O) groups excluding carboxylic acids is 1. The zero-order valence-corrected chi connectivity index (χ0v) is 17.9. The molecule has 0 saturated heterocycles. The quantitative estimate of drug-likeness (QED) is 0.456. The Kier molecular flexibility index (Phi) is 6.22. The van der Waals surface area contributed by atoms with Gasteiger partial charge >= 0.3 is 0 Å². The molecule has 0 bridgehead atoms. The average Bonchev–Trinajstić information content (AvgIpc) is 2.83. The number of benzene rings is 3. The van der Waals surface area contributed by atoms with Crippen LogP contribution >= 0.6 is 0 Å². The van der Waals surface area contributed by atoms with Crippen molar-refractivity contribution >= 4 is 16.8 Å². The number of carbonyl (C=O) groups is 1. The number of hydrogen-bond acceptors (Lipinski definition) is 5. The average molecular weight is 428 g/mol. The number of pyridine rings is 1. The lowest BCUT2D eigenvalue weighted by atomic mass is 9.95. The summed E-state index contributed by atoms with van der Waals surface area (Å²) in [6.45, 7) is 0. The minimum absolute atomic E-state index is 0.0305. The van der Waals surface area contributed by atoms with Crippen LogP contribution in [0.3, 0.4) is 0 Å². The van der Waals surface area contributed by atoms with Gasteiger partial charge in [0.15, 0.2) is 11.5 Å². The Bertz CT molecular complexity index is 1240. The van der Waals surface area contributed by atoms with Crippen LogP contribution in [0, 0.1) is 0 Å². The van der Waals surface area contributed by atoms with Crippen LogP contribution in [0.1, 0.15) is 22.7 Å². The SMILES string of the molecule is COc1ccc(C(NC(=O)Cc2ccccc2)c2ccc3cccnc3c2O)cc1OC. The highest BCUT2D eigenvalue weighted by atomic mass is 16.5. The molecule has 4 aromatic rings. The number of phenols is 1. The largest absolute Gasteiger partial charge is 0.505 e. The molecule has 162 valence electrons. The monoisotopic (exact) mass is 428 g/mol. The molecule has 0 spiro atoms. The van der Waals surface area contributed by atoms with Crippen molar-refractivity contribution in [3.05, 3.63) is 95.7 Å². The van der Waals surface area contributed by atoms with E-state index in [-0.39, 0.29) is 18.1 Å². The molecule has 4 rings (SSSR count). The van der Waals surface area contributed by atoms with Crippen LogP contribution in [0.25, 0.3) is 10.9 Å². The summed E-state index contributed by atoms with van der Waals surface area (Å²) in [7, 11) is 3.12. The van der Waals surface area contributed by atoms with Crippen LogP contribution in [-0.4, -0.2) is 30.2 Å². The highest BCUT2D eigenvalue weighted by molar-refractivity contribution is 5.86. The molecule has 0 aliphatic carbocycles. The number of ether oxygens (including phenoxy) is 2. The Morgan fingerprint density at radius 1 is 0.969 bits per heavy atom. The number of nitrogens with zero attached hydrogens (tertiary/aromatic N) is 1. The van der Waals surface area contributed by atoms with Gasteiger partial charge in [0.2, 0.25) is 5.91 Å². The van der Waals surface area contributed by atoms with Gasteiger partial charge in [-0.05, 0) is 29.3 Å². The molecule has 0 aliphatic rings. The first-order chi connectivity index (χ1) is 15.6. The van der Waals surface area contributed by atoms with E-state index in [1.54, 1.807) is 32.5 Å². The van der Waals surface area contributed by atoms with Gasteiger partial charge in [0.25, 0.3) is 0 Å². The first kappa shape index (κ1) is 21.2. The van der Waals surface area contributed by atoms with Crippen molar-refractivity contribution in [2.24, 2.45) is 0 Å². The van der Waals surface area contributed by atoms with Crippen molar-refractivity contribution in [1.82, 2.24) is 10.3 Å². The van der Waals surface area contributed by atoms with Crippen LogP contribution in [0.2, 0.25) is 0 Å². The molecular weight excluding hydrogens is 404 g/mol. The molecule has 1 unspecified atom stereocenters. The molecule has 1 heterocycles. The summed E-state index contributed by atoms with van der Waals surface area (Å²) < 4.78 is 10.8. The molecule has 1 atom stereocenters. The van der Waals surface area contributed by atoms with Crippen molar-refractivity contribution in [3.63, 3.8) is 0 Å². The lowest BCUT2D eigenvalue weighted by Gasteiger charge is -2.22. The smallest absolute Gasteiger partial charge is 0.225 e. The minimum Gasteiger partial charge on any atom is -0.505 e. The minimum atomic E-state index is -0.613. The van der Waals surface area contributed by atoms with Crippen LogP contribution in [0.15, 0.2) is 79.0 Å². The number of rotatable bonds is 7. The van der Waals surface area contributed by atoms with E-state index >= 15 is 0 Å². The molecule has 3 aromatic carbocycles. The molecule has 2 N–H and O–H groups in total. The highest BCUT2D eigenvalue weighted by Gasteiger charge is 2.23. The van der Waals surface area contributed by atoms with Crippen molar-refractivity contribution in [2.45, 2.75) is 12.5 Å². The molecule has 1 amide bonds. The standard InChI is InChI=1S/C26H24N2O4/c1-31-21-13-11-19(16-22(21)32-2)24(28-23(29)15-17-7-4-3-5-8-17)20-12-10-18-9-6-14-27-25(18)26(20)30/h3-14,16,24,30H,15H2,1-2H3,(H,28,29). The van der Waals surface area contributed by atoms with Gasteiger partial charge in [-0.1, -0.05) is 54.6 Å². The van der Waals surface area contributed by atoms with E-state index in [1.807, 2.05) is 60.7 Å². The maximum absolute atomic E-state index is 13.0. The predicted octanol–water partition coefficient (Wildman–Crippen LogP) is 4.41. The summed E-state index contributed by atoms with van der Waals surface area (Å²) >= 11 is 0. The lowest BCUT2D eigenvalue weighted by molar-refractivity contribution is -0.120. The third-order valence-electron chi connectivity index (χ3n) is 5.34. The molecule has 0 radical (unpaired) electrons. The van der Waals surface area contributed by atoms with Gasteiger partial charge in [0, 0.05) is 17.1 Å². The van der Waals surface area contributed by atoms with Gasteiger partial charge in [-0.25, -0.2) is 0 Å². The molecule has 0 fully saturated rings. The molecule has 0 saturated carbocycles. The predicted molar refractivity (Wildman–Crippen MR) is 123 cm³/mol. The summed E-state index contributed by atoms with van der Waals surface area (Å²) in [5.41, 5.74) is 2.67. The van der Waals surface area contributed by atoms with Gasteiger partial charge in [-0.3, -0.25) is 9.78 Å². The Hall–Kier alpha value is -4.06. The van der Waals surface area contributed by atoms with Crippen LogP contribution in [0.4, 0.5) is 0 Å². The highest BCUT2D eigenvalue weighted by Crippen LogP contribution is 2.37. The van der Waals surface area contributed by atoms with Crippen molar-refractivity contribution < 1.29 is 19.4 Å². The van der Waals surface area contributed by atoms with E-state index in [9.17, 15) is 9.90 Å². The van der Waals surface area contributed by atoms with Gasteiger partial charge < -0.3 is 19.9 Å². The second kappa shape index (κ2) is 9.39. The van der Waals surface area contributed by atoms with E-state index in [2.05, 4.69) is 10.3 Å². The van der Waals surface area contributed by atoms with Gasteiger partial charge in [-0.2, -0.15) is 0 Å². The third-order valence-corrected chi connectivity index (χ3v) is 5.34. The van der Waals surface area contributed by atoms with Crippen LogP contribution in [0.5, 0.6) is 17.2 Å². The first-order valence-corrected chi connectivity index (χ1v) is 10.2. The van der Waals surface area contributed by atoms with Crippen molar-refractivity contribution in [1.29, 1.82) is 0 Å². The molecular formula is C26H24N2O4. The fourth-order valence-corrected chi connectivity index (χ4v) is 3.74. The number of aromatic hydroxyl groups is 1. The van der Waals surface area contributed by atoms with E-state index in [0.29, 0.717) is 22.6 Å². The molecule has 32 heavy (non-hydrogen) atoms. The summed E-state index contributed by atoms with van der Waals surface area (Å²) in [4.78, 5) is 17.3. The van der Waals surface area contributed by atoms with Crippen LogP contribution in [-0.2, 0) is 11.2 Å². The number of methoxy groups -OCH3 is 2. The van der Waals surface area contributed by atoms with E-state index < -0.39 is 6.04 Å². The Balaban J connectivity index is 1.76. The fraction of sp³-hybridized carbons (Fsp3) is 0.154. The van der Waals surface area contributed by atoms with E-state index in [1.165, 1.54) is 0 Å². The summed E-state index contributed by atoms with van der Waals surface area (Å²) in [6.07, 6.45) is 1.85. The van der Waals surface area contributed by atoms with Crippen molar-refractivity contribution in [2.75, 3.05) is 14.2 Å². The van der Waals surface area contributed by atoms with Gasteiger partial charge in [0.05, 0.1) is 26.7 Å². The van der Waals surface area contributed by atoms with E-state index in [0.717, 1.165) is 16.5 Å². The number of nitrogens with one attached hydrogen (secondary N) is 1. The number of amides is 1. The fourth-order valence-electron chi connectivity index (χ4n) is 3.74. The number of aromatic nitrogens is 1. The maximum Gasteiger partial charge on any atom is 0.225 e. The Morgan fingerprint density at radius 3 is 2.50 bits per heavy atom. The van der Waals surface area contributed by atoms with Gasteiger partial charge in [-0.15, -0.1) is 0 Å². The molecule has 6 nitrogen and oxygen atoms in total. The van der Waals surface area contributed by atoms with Gasteiger partial charge in [0.1, 0.15) is 11.3 Å². The Labute approximate surface area is 186 Å². The number of phenolic OH excluding ortho intramolecular Hbond substituents is 1. The normalized spacial score (nSPS) is 11.7. The van der Waals surface area contributed by atoms with E-state index in [4.69, 9.17) is 9.47 Å². The Morgan fingerprint density at radius 2 is 1.75 bits per heavy atom. The molecule has 0 aliphatic heterocycles. The maximum atomic E-state index is 13.0. The second-order valence-corrected chi connectivity index (χ2v) is 7.36. The zero-order valence-electron chi connectivity index (χ0n) is 17.9. The lowest BCUT2D eigenvalue weighted by Crippen LogP contribution is -2.30. The third kappa shape index (κ3) is 4.34. The van der Waals surface area contributed by atoms with Crippen LogP contribution < -0.4 is 14.8 Å². The molecule has 6 heteroatoms. The summed E-state index contributed by atoms with van der Waals surface area (Å²) in [5, 5.41) is 14.9. The topological polar surface area (TPSA) is 80.7 Å². The number of hydrogen-bond donors (Lipinski definition) is 2. The molecule has 1 aromatic heterocycles. The second-order valence-electron chi connectivity index (χ2n) is 7.36. The first-order valence-electron chi connectivity index (χ1n) is 10.2. The zero-order chi connectivity index (χ0) is 22.5. The van der Waals surface area contributed by atoms with Crippen molar-refractivity contribution in [3.8, 4) is 17.2 Å². The summed E-state index contributed by atoms with van der Waals surface area (Å²) in [6, 6.07) is 21.7. The number of fused-ring (bicyclic) bond motifs is 1. The summed E-state index contributed by atoms with van der Waals surface area (Å²) in [5.74, 6) is 0.972.